The second-order valence-electron chi connectivity index (χ2n) is 5.45. The summed E-state index contributed by atoms with van der Waals surface area (Å²) in [6, 6.07) is 1.85. The molecule has 0 spiro atoms. The molecule has 0 unspecified atom stereocenters. The van der Waals surface area contributed by atoms with Gasteiger partial charge in [0.2, 0.25) is 5.91 Å². The number of nitrogens with one attached hydrogen (secondary N) is 1. The van der Waals surface area contributed by atoms with Crippen molar-refractivity contribution < 1.29 is 9.32 Å². The molecule has 1 aromatic rings. The lowest BCUT2D eigenvalue weighted by Crippen LogP contribution is -2.26. The van der Waals surface area contributed by atoms with Crippen molar-refractivity contribution >= 4 is 5.91 Å². The van der Waals surface area contributed by atoms with Crippen LogP contribution in [0.25, 0.3) is 0 Å². The molecule has 1 amide bonds. The summed E-state index contributed by atoms with van der Waals surface area (Å²) in [6.07, 6.45) is 7.66. The zero-order valence-electron chi connectivity index (χ0n) is 10.6. The summed E-state index contributed by atoms with van der Waals surface area (Å²) in [5.41, 5.74) is 0.786. The van der Waals surface area contributed by atoms with E-state index < -0.39 is 0 Å². The van der Waals surface area contributed by atoms with Crippen molar-refractivity contribution in [1.29, 1.82) is 0 Å². The highest BCUT2D eigenvalue weighted by Crippen LogP contribution is 2.44. The third kappa shape index (κ3) is 2.33. The summed E-state index contributed by atoms with van der Waals surface area (Å²) in [7, 11) is 0. The Morgan fingerprint density at radius 2 is 2.39 bits per heavy atom. The van der Waals surface area contributed by atoms with E-state index in [9.17, 15) is 4.79 Å². The molecular weight excluding hydrogens is 228 g/mol. The summed E-state index contributed by atoms with van der Waals surface area (Å²) >= 11 is 0. The molecule has 0 aromatic carbocycles. The number of hydrogen-bond acceptors (Lipinski definition) is 3. The molecule has 2 bridgehead atoms. The Bertz CT molecular complexity index is 478. The Morgan fingerprint density at radius 1 is 1.50 bits per heavy atom. The maximum absolute atomic E-state index is 11.9. The molecule has 1 N–H and O–H groups in total. The van der Waals surface area contributed by atoms with Crippen LogP contribution in [-0.4, -0.2) is 11.1 Å². The van der Waals surface area contributed by atoms with Gasteiger partial charge in [0, 0.05) is 12.5 Å². The van der Waals surface area contributed by atoms with Gasteiger partial charge in [0.15, 0.2) is 0 Å². The van der Waals surface area contributed by atoms with E-state index in [-0.39, 0.29) is 5.91 Å². The van der Waals surface area contributed by atoms with Crippen LogP contribution in [-0.2, 0) is 11.3 Å². The molecule has 1 heterocycles. The first-order chi connectivity index (χ1) is 8.70. The Hall–Kier alpha value is -1.58. The fourth-order valence-electron chi connectivity index (χ4n) is 3.13. The molecule has 4 nitrogen and oxygen atoms in total. The van der Waals surface area contributed by atoms with Crippen molar-refractivity contribution in [3.05, 3.63) is 29.7 Å². The first-order valence-corrected chi connectivity index (χ1v) is 6.58. The van der Waals surface area contributed by atoms with Crippen LogP contribution in [0, 0.1) is 24.7 Å². The fourth-order valence-corrected chi connectivity index (χ4v) is 3.13. The zero-order chi connectivity index (χ0) is 12.5. The molecule has 3 rings (SSSR count). The van der Waals surface area contributed by atoms with E-state index in [1.165, 1.54) is 12.8 Å². The van der Waals surface area contributed by atoms with Crippen LogP contribution in [0.4, 0.5) is 0 Å². The number of carbonyl (C=O) groups excluding carboxylic acids is 1. The lowest BCUT2D eigenvalue weighted by Gasteiger charge is -2.17. The molecule has 0 saturated heterocycles. The number of amides is 1. The Labute approximate surface area is 106 Å². The largest absolute Gasteiger partial charge is 0.361 e. The number of hydrogen-bond donors (Lipinski definition) is 1. The number of rotatable bonds is 4. The highest BCUT2D eigenvalue weighted by atomic mass is 16.5. The molecule has 1 aromatic heterocycles. The first kappa shape index (κ1) is 11.5. The minimum Gasteiger partial charge on any atom is -0.361 e. The number of allylic oxidation sites excluding steroid dienone is 2. The molecule has 0 radical (unpaired) electrons. The van der Waals surface area contributed by atoms with E-state index in [2.05, 4.69) is 22.6 Å². The van der Waals surface area contributed by atoms with Gasteiger partial charge < -0.3 is 9.84 Å². The maximum Gasteiger partial charge on any atom is 0.220 e. The summed E-state index contributed by atoms with van der Waals surface area (Å²) in [5.74, 6) is 2.80. The summed E-state index contributed by atoms with van der Waals surface area (Å²) in [4.78, 5) is 11.9. The SMILES string of the molecule is Cc1cc(CNC(=O)C[C@@H]2C[C@@H]3C=C[C@H]2C3)no1. The van der Waals surface area contributed by atoms with E-state index in [1.54, 1.807) is 0 Å². The van der Waals surface area contributed by atoms with Gasteiger partial charge in [-0.05, 0) is 37.5 Å². The fraction of sp³-hybridized carbons (Fsp3) is 0.571. The van der Waals surface area contributed by atoms with Crippen LogP contribution in [0.3, 0.4) is 0 Å². The topological polar surface area (TPSA) is 55.1 Å². The lowest BCUT2D eigenvalue weighted by atomic mass is 9.90. The van der Waals surface area contributed by atoms with E-state index in [4.69, 9.17) is 4.52 Å². The molecule has 96 valence electrons. The van der Waals surface area contributed by atoms with Gasteiger partial charge in [-0.3, -0.25) is 4.79 Å². The Morgan fingerprint density at radius 3 is 3.00 bits per heavy atom. The highest BCUT2D eigenvalue weighted by Gasteiger charge is 2.36. The van der Waals surface area contributed by atoms with Crippen LogP contribution >= 0.6 is 0 Å². The van der Waals surface area contributed by atoms with Crippen molar-refractivity contribution in [2.45, 2.75) is 32.7 Å². The monoisotopic (exact) mass is 246 g/mol. The highest BCUT2D eigenvalue weighted by molar-refractivity contribution is 5.76. The van der Waals surface area contributed by atoms with Crippen molar-refractivity contribution in [3.8, 4) is 0 Å². The van der Waals surface area contributed by atoms with Crippen molar-refractivity contribution in [2.24, 2.45) is 17.8 Å². The second-order valence-corrected chi connectivity index (χ2v) is 5.45. The van der Waals surface area contributed by atoms with E-state index >= 15 is 0 Å². The van der Waals surface area contributed by atoms with E-state index in [1.807, 2.05) is 13.0 Å². The van der Waals surface area contributed by atoms with Crippen molar-refractivity contribution in [1.82, 2.24) is 10.5 Å². The molecule has 1 fully saturated rings. The van der Waals surface area contributed by atoms with Gasteiger partial charge >= 0.3 is 0 Å². The van der Waals surface area contributed by atoms with Crippen molar-refractivity contribution in [3.63, 3.8) is 0 Å². The third-order valence-electron chi connectivity index (χ3n) is 4.01. The van der Waals surface area contributed by atoms with Gasteiger partial charge in [0.25, 0.3) is 0 Å². The Balaban J connectivity index is 1.46. The number of fused-ring (bicyclic) bond motifs is 2. The molecule has 4 heteroatoms. The number of aromatic nitrogens is 1. The molecule has 2 aliphatic carbocycles. The molecule has 3 atom stereocenters. The van der Waals surface area contributed by atoms with E-state index in [0.717, 1.165) is 17.4 Å². The van der Waals surface area contributed by atoms with Crippen LogP contribution in [0.5, 0.6) is 0 Å². The zero-order valence-corrected chi connectivity index (χ0v) is 10.6. The van der Waals surface area contributed by atoms with Gasteiger partial charge in [-0.1, -0.05) is 17.3 Å². The summed E-state index contributed by atoms with van der Waals surface area (Å²) in [6.45, 7) is 2.31. The molecule has 2 aliphatic rings. The molecule has 1 saturated carbocycles. The van der Waals surface area contributed by atoms with Crippen LogP contribution in [0.1, 0.15) is 30.7 Å². The smallest absolute Gasteiger partial charge is 0.220 e. The van der Waals surface area contributed by atoms with Gasteiger partial charge in [0.05, 0.1) is 6.54 Å². The lowest BCUT2D eigenvalue weighted by molar-refractivity contribution is -0.122. The minimum atomic E-state index is 0.126. The van der Waals surface area contributed by atoms with Gasteiger partial charge in [0.1, 0.15) is 11.5 Å². The number of nitrogens with zero attached hydrogens (tertiary/aromatic N) is 1. The predicted octanol–water partition coefficient (Wildman–Crippen LogP) is 2.20. The second kappa shape index (κ2) is 4.59. The average Bonchev–Trinajstić information content (AvgIpc) is 3.03. The number of aryl methyl sites for hydroxylation is 1. The van der Waals surface area contributed by atoms with Crippen molar-refractivity contribution in [2.75, 3.05) is 0 Å². The van der Waals surface area contributed by atoms with E-state index in [0.29, 0.717) is 24.8 Å². The third-order valence-corrected chi connectivity index (χ3v) is 4.01. The van der Waals surface area contributed by atoms with Gasteiger partial charge in [-0.2, -0.15) is 0 Å². The standard InChI is InChI=1S/C14H18N2O2/c1-9-4-13(16-18-9)8-15-14(17)7-12-6-10-2-3-11(12)5-10/h2-4,10-12H,5-8H2,1H3,(H,15,17)/t10-,11+,12+/m1/s1. The van der Waals surface area contributed by atoms with Crippen LogP contribution in [0.2, 0.25) is 0 Å². The number of carbonyl (C=O) groups is 1. The maximum atomic E-state index is 11.9. The predicted molar refractivity (Wildman–Crippen MR) is 66.5 cm³/mol. The Kier molecular flexibility index (Phi) is 2.94. The van der Waals surface area contributed by atoms with Crippen LogP contribution < -0.4 is 5.32 Å². The quantitative estimate of drug-likeness (QED) is 0.829. The molecular formula is C14H18N2O2. The summed E-state index contributed by atoms with van der Waals surface area (Å²) in [5, 5.41) is 6.77. The molecule has 18 heavy (non-hydrogen) atoms. The molecule has 0 aliphatic heterocycles. The summed E-state index contributed by atoms with van der Waals surface area (Å²) < 4.78 is 4.96. The normalized spacial score (nSPS) is 28.8. The first-order valence-electron chi connectivity index (χ1n) is 6.58. The minimum absolute atomic E-state index is 0.126. The van der Waals surface area contributed by atoms with Gasteiger partial charge in [-0.15, -0.1) is 0 Å². The van der Waals surface area contributed by atoms with Gasteiger partial charge in [-0.25, -0.2) is 0 Å². The average molecular weight is 246 g/mol. The van der Waals surface area contributed by atoms with Crippen LogP contribution in [0.15, 0.2) is 22.7 Å².